The summed E-state index contributed by atoms with van der Waals surface area (Å²) in [4.78, 5) is 24.4. The van der Waals surface area contributed by atoms with Crippen LogP contribution in [-0.4, -0.2) is 23.6 Å². The maximum Gasteiger partial charge on any atom is 0.267 e. The molecule has 0 bridgehead atoms. The fourth-order valence-electron chi connectivity index (χ4n) is 2.45. The Bertz CT molecular complexity index is 581. The third kappa shape index (κ3) is 4.91. The number of hydrazone groups is 1. The minimum atomic E-state index is -0.172. The highest BCUT2D eigenvalue weighted by atomic mass is 16.2. The highest BCUT2D eigenvalue weighted by molar-refractivity contribution is 6.40. The van der Waals surface area contributed by atoms with Crippen molar-refractivity contribution in [3.63, 3.8) is 0 Å². The van der Waals surface area contributed by atoms with Gasteiger partial charge in [-0.2, -0.15) is 5.10 Å². The smallest absolute Gasteiger partial charge is 0.267 e. The van der Waals surface area contributed by atoms with Crippen molar-refractivity contribution in [2.45, 2.75) is 52.5 Å². The number of benzene rings is 1. The summed E-state index contributed by atoms with van der Waals surface area (Å²) in [6.07, 6.45) is 2.72. The number of rotatable bonds is 6. The van der Waals surface area contributed by atoms with E-state index in [1.165, 1.54) is 5.01 Å². The van der Waals surface area contributed by atoms with Gasteiger partial charge >= 0.3 is 0 Å². The second kappa shape index (κ2) is 7.90. The lowest BCUT2D eigenvalue weighted by molar-refractivity contribution is -0.119. The van der Waals surface area contributed by atoms with Crippen molar-refractivity contribution >= 4 is 23.2 Å². The van der Waals surface area contributed by atoms with Gasteiger partial charge in [0.2, 0.25) is 5.91 Å². The van der Waals surface area contributed by atoms with Gasteiger partial charge in [-0.15, -0.1) is 0 Å². The summed E-state index contributed by atoms with van der Waals surface area (Å²) in [5, 5.41) is 8.58. The molecule has 0 aromatic heterocycles. The molecule has 1 heterocycles. The predicted octanol–water partition coefficient (Wildman–Crippen LogP) is 3.11. The Kier molecular flexibility index (Phi) is 5.90. The topological polar surface area (TPSA) is 61.8 Å². The maximum atomic E-state index is 12.4. The van der Waals surface area contributed by atoms with Gasteiger partial charge in [0.1, 0.15) is 5.71 Å². The average molecular weight is 315 g/mol. The van der Waals surface area contributed by atoms with Gasteiger partial charge in [0.15, 0.2) is 0 Å². The number of nitrogens with one attached hydrogen (secondary N) is 1. The van der Waals surface area contributed by atoms with Gasteiger partial charge in [-0.1, -0.05) is 32.0 Å². The van der Waals surface area contributed by atoms with Gasteiger partial charge in [0.05, 0.1) is 5.69 Å². The van der Waals surface area contributed by atoms with Crippen LogP contribution in [0.1, 0.15) is 46.5 Å². The summed E-state index contributed by atoms with van der Waals surface area (Å²) in [6, 6.07) is 9.31. The van der Waals surface area contributed by atoms with Crippen LogP contribution in [0.4, 0.5) is 5.69 Å². The molecule has 0 fully saturated rings. The Hall–Kier alpha value is -2.17. The van der Waals surface area contributed by atoms with Crippen LogP contribution in [0, 0.1) is 5.92 Å². The third-order valence-corrected chi connectivity index (χ3v) is 3.85. The van der Waals surface area contributed by atoms with E-state index in [9.17, 15) is 9.59 Å². The Morgan fingerprint density at radius 1 is 1.17 bits per heavy atom. The molecule has 1 unspecified atom stereocenters. The molecule has 5 nitrogen and oxygen atoms in total. The molecule has 23 heavy (non-hydrogen) atoms. The normalized spacial score (nSPS) is 16.3. The number of para-hydroxylation sites is 1. The first-order chi connectivity index (χ1) is 11.0. The first-order valence-electron chi connectivity index (χ1n) is 8.23. The minimum Gasteiger partial charge on any atom is -0.348 e. The van der Waals surface area contributed by atoms with Crippen LogP contribution in [-0.2, 0) is 9.59 Å². The quantitative estimate of drug-likeness (QED) is 0.876. The third-order valence-electron chi connectivity index (χ3n) is 3.85. The molecule has 0 spiro atoms. The van der Waals surface area contributed by atoms with Gasteiger partial charge in [-0.05, 0) is 37.8 Å². The van der Waals surface area contributed by atoms with Crippen molar-refractivity contribution in [1.82, 2.24) is 5.32 Å². The van der Waals surface area contributed by atoms with E-state index in [0.717, 1.165) is 12.8 Å². The van der Waals surface area contributed by atoms with Crippen LogP contribution in [0.25, 0.3) is 0 Å². The molecule has 1 aliphatic rings. The van der Waals surface area contributed by atoms with E-state index >= 15 is 0 Å². The molecule has 0 saturated heterocycles. The van der Waals surface area contributed by atoms with Gasteiger partial charge in [-0.25, -0.2) is 5.01 Å². The van der Waals surface area contributed by atoms with Crippen LogP contribution in [0.2, 0.25) is 0 Å². The first-order valence-corrected chi connectivity index (χ1v) is 8.23. The zero-order valence-electron chi connectivity index (χ0n) is 14.1. The van der Waals surface area contributed by atoms with Crippen molar-refractivity contribution in [3.8, 4) is 0 Å². The van der Waals surface area contributed by atoms with Gasteiger partial charge in [-0.3, -0.25) is 9.59 Å². The van der Waals surface area contributed by atoms with Crippen molar-refractivity contribution < 1.29 is 9.59 Å². The zero-order chi connectivity index (χ0) is 16.8. The number of amides is 2. The van der Waals surface area contributed by atoms with Crippen LogP contribution >= 0.6 is 0 Å². The predicted molar refractivity (Wildman–Crippen MR) is 92.3 cm³/mol. The number of carbonyl (C=O) groups is 2. The van der Waals surface area contributed by atoms with E-state index < -0.39 is 0 Å². The lowest BCUT2D eigenvalue weighted by Crippen LogP contribution is -2.42. The number of nitrogens with zero attached hydrogens (tertiary/aromatic N) is 2. The molecule has 1 aliphatic heterocycles. The number of anilines is 1. The molecule has 124 valence electrons. The number of hydrogen-bond donors (Lipinski definition) is 1. The second-order valence-corrected chi connectivity index (χ2v) is 6.43. The van der Waals surface area contributed by atoms with E-state index in [2.05, 4.69) is 24.3 Å². The van der Waals surface area contributed by atoms with E-state index in [1.54, 1.807) is 0 Å². The largest absolute Gasteiger partial charge is 0.348 e. The van der Waals surface area contributed by atoms with Crippen molar-refractivity contribution in [3.05, 3.63) is 30.3 Å². The number of carbonyl (C=O) groups excluding carboxylic acids is 2. The molecule has 0 saturated carbocycles. The van der Waals surface area contributed by atoms with Crippen molar-refractivity contribution in [2.75, 3.05) is 5.01 Å². The second-order valence-electron chi connectivity index (χ2n) is 6.43. The fraction of sp³-hybridized carbons (Fsp3) is 0.500. The molecule has 1 atom stereocenters. The van der Waals surface area contributed by atoms with E-state index in [-0.39, 0.29) is 17.9 Å². The monoisotopic (exact) mass is 315 g/mol. The molecule has 2 amide bonds. The standard InChI is InChI=1S/C18H25N3O2/c1-13(2)9-10-14(3)19-18(23)16-11-12-17(22)21(20-16)15-7-5-4-6-8-15/h4-8,13-14H,9-12H2,1-3H3,(H,19,23). The van der Waals surface area contributed by atoms with Crippen LogP contribution in [0.5, 0.6) is 0 Å². The van der Waals surface area contributed by atoms with Crippen molar-refractivity contribution in [2.24, 2.45) is 11.0 Å². The fourth-order valence-corrected chi connectivity index (χ4v) is 2.45. The molecular weight excluding hydrogens is 290 g/mol. The molecular formula is C18H25N3O2. The van der Waals surface area contributed by atoms with Gasteiger partial charge in [0.25, 0.3) is 5.91 Å². The maximum absolute atomic E-state index is 12.4. The summed E-state index contributed by atoms with van der Waals surface area (Å²) in [6.45, 7) is 6.34. The van der Waals surface area contributed by atoms with Crippen LogP contribution in [0.15, 0.2) is 35.4 Å². The average Bonchev–Trinajstić information content (AvgIpc) is 2.54. The summed E-state index contributed by atoms with van der Waals surface area (Å²) < 4.78 is 0. The first kappa shape index (κ1) is 17.2. The minimum absolute atomic E-state index is 0.0828. The molecule has 1 N–H and O–H groups in total. The summed E-state index contributed by atoms with van der Waals surface area (Å²) in [5.41, 5.74) is 1.11. The lowest BCUT2D eigenvalue weighted by atomic mass is 10.0. The highest BCUT2D eigenvalue weighted by Gasteiger charge is 2.26. The SMILES string of the molecule is CC(C)CCC(C)NC(=O)C1=NN(c2ccccc2)C(=O)CC1. The molecule has 0 radical (unpaired) electrons. The Morgan fingerprint density at radius 2 is 1.87 bits per heavy atom. The Balaban J connectivity index is 2.03. The molecule has 0 aliphatic carbocycles. The van der Waals surface area contributed by atoms with E-state index in [1.807, 2.05) is 37.3 Å². The molecule has 5 heteroatoms. The molecule has 1 aromatic carbocycles. The van der Waals surface area contributed by atoms with Crippen LogP contribution in [0.3, 0.4) is 0 Å². The molecule has 2 rings (SSSR count). The Labute approximate surface area is 137 Å². The van der Waals surface area contributed by atoms with Gasteiger partial charge in [0, 0.05) is 18.9 Å². The van der Waals surface area contributed by atoms with Gasteiger partial charge < -0.3 is 5.32 Å². The van der Waals surface area contributed by atoms with E-state index in [4.69, 9.17) is 0 Å². The van der Waals surface area contributed by atoms with E-state index in [0.29, 0.717) is 30.2 Å². The van der Waals surface area contributed by atoms with Crippen LogP contribution < -0.4 is 10.3 Å². The molecule has 1 aromatic rings. The zero-order valence-corrected chi connectivity index (χ0v) is 14.1. The highest BCUT2D eigenvalue weighted by Crippen LogP contribution is 2.19. The summed E-state index contributed by atoms with van der Waals surface area (Å²) >= 11 is 0. The number of hydrogen-bond acceptors (Lipinski definition) is 3. The lowest BCUT2D eigenvalue weighted by Gasteiger charge is -2.24. The summed E-state index contributed by atoms with van der Waals surface area (Å²) in [7, 11) is 0. The van der Waals surface area contributed by atoms with Crippen molar-refractivity contribution in [1.29, 1.82) is 0 Å². The summed E-state index contributed by atoms with van der Waals surface area (Å²) in [5.74, 6) is 0.364. The Morgan fingerprint density at radius 3 is 2.52 bits per heavy atom.